The molecular weight excluding hydrogens is 702 g/mol. The summed E-state index contributed by atoms with van der Waals surface area (Å²) in [4.78, 5) is 40.7. The van der Waals surface area contributed by atoms with Gasteiger partial charge in [-0.1, -0.05) is 70.8 Å². The Labute approximate surface area is 322 Å². The molecule has 5 aromatic carbocycles. The van der Waals surface area contributed by atoms with E-state index in [9.17, 15) is 19.5 Å². The zero-order chi connectivity index (χ0) is 38.8. The molecule has 0 heterocycles. The molecule has 0 saturated heterocycles. The van der Waals surface area contributed by atoms with Crippen LogP contribution in [0.5, 0.6) is 0 Å². The van der Waals surface area contributed by atoms with Crippen LogP contribution in [0.2, 0.25) is 0 Å². The minimum atomic E-state index is -1.02. The molecule has 0 fully saturated rings. The Bertz CT molecular complexity index is 2410. The van der Waals surface area contributed by atoms with Gasteiger partial charge in [0, 0.05) is 41.2 Å². The van der Waals surface area contributed by atoms with Crippen LogP contribution in [-0.2, 0) is 14.4 Å². The van der Waals surface area contributed by atoms with Crippen LogP contribution < -0.4 is 26.1 Å². The lowest BCUT2D eigenvalue weighted by atomic mass is 9.79. The molecule has 2 aliphatic carbocycles. The fraction of sp³-hybridized carbons (Fsp3) is 0.106. The van der Waals surface area contributed by atoms with Gasteiger partial charge in [-0.15, -0.1) is 0 Å². The van der Waals surface area contributed by atoms with E-state index in [0.29, 0.717) is 28.9 Å². The number of Topliss-reactive ketones (excluding diaryl/α,β-unsaturated/α-hetero) is 1. The Morgan fingerprint density at radius 1 is 0.673 bits per heavy atom. The normalized spacial score (nSPS) is 15.0. The number of aliphatic hydroxyl groups excluding tert-OH is 1. The maximum absolute atomic E-state index is 14.1. The molecule has 0 aromatic heterocycles. The van der Waals surface area contributed by atoms with Gasteiger partial charge in [-0.05, 0) is 107 Å². The Hall–Kier alpha value is -6.56. The van der Waals surface area contributed by atoms with Crippen molar-refractivity contribution in [2.45, 2.75) is 34.6 Å². The number of aliphatic hydroxyl groups is 1. The van der Waals surface area contributed by atoms with Crippen molar-refractivity contribution in [3.05, 3.63) is 184 Å². The lowest BCUT2D eigenvalue weighted by Crippen LogP contribution is -2.29. The Balaban J connectivity index is 1.33. The number of nitrogens with zero attached hydrogens (tertiary/aromatic N) is 1. The predicted molar refractivity (Wildman–Crippen MR) is 226 cm³/mol. The average Bonchev–Trinajstić information content (AvgIpc) is 3.17. The van der Waals surface area contributed by atoms with Gasteiger partial charge >= 0.3 is 0 Å². The van der Waals surface area contributed by atoms with Crippen molar-refractivity contribution in [3.63, 3.8) is 0 Å². The van der Waals surface area contributed by atoms with Crippen molar-refractivity contribution in [1.82, 2.24) is 5.32 Å². The van der Waals surface area contributed by atoms with Gasteiger partial charge in [0.2, 0.25) is 18.1 Å². The minimum Gasteiger partial charge on any atom is -0.506 e. The first-order chi connectivity index (χ1) is 26.5. The van der Waals surface area contributed by atoms with Crippen LogP contribution in [0, 0.1) is 27.7 Å². The second-order valence-electron chi connectivity index (χ2n) is 13.8. The van der Waals surface area contributed by atoms with Crippen molar-refractivity contribution in [2.75, 3.05) is 10.2 Å². The van der Waals surface area contributed by atoms with Crippen LogP contribution in [0.25, 0.3) is 5.57 Å². The van der Waals surface area contributed by atoms with Crippen LogP contribution in [0.1, 0.15) is 34.7 Å². The van der Waals surface area contributed by atoms with Crippen molar-refractivity contribution in [1.29, 1.82) is 0 Å². The van der Waals surface area contributed by atoms with Gasteiger partial charge in [-0.3, -0.25) is 14.4 Å². The van der Waals surface area contributed by atoms with E-state index in [2.05, 4.69) is 77.9 Å². The highest BCUT2D eigenvalue weighted by Gasteiger charge is 2.40. The van der Waals surface area contributed by atoms with Crippen LogP contribution in [0.3, 0.4) is 0 Å². The van der Waals surface area contributed by atoms with Crippen LogP contribution >= 0.6 is 7.55 Å². The largest absolute Gasteiger partial charge is 0.506 e. The third-order valence-corrected chi connectivity index (χ3v) is 12.1. The maximum Gasteiger partial charge on any atom is 0.221 e. The van der Waals surface area contributed by atoms with Crippen molar-refractivity contribution in [3.8, 4) is 0 Å². The molecule has 2 amide bonds. The lowest BCUT2D eigenvalue weighted by molar-refractivity contribution is -0.118. The number of anilines is 4. The highest BCUT2D eigenvalue weighted by atomic mass is 31.1. The van der Waals surface area contributed by atoms with E-state index in [1.165, 1.54) is 6.92 Å². The van der Waals surface area contributed by atoms with Crippen molar-refractivity contribution >= 4 is 69.9 Å². The summed E-state index contributed by atoms with van der Waals surface area (Å²) in [5, 5.41) is 20.6. The molecule has 0 aliphatic heterocycles. The molecule has 0 unspecified atom stereocenters. The van der Waals surface area contributed by atoms with E-state index in [0.717, 1.165) is 55.2 Å². The fourth-order valence-electron chi connectivity index (χ4n) is 6.83. The third kappa shape index (κ3) is 7.48. The second kappa shape index (κ2) is 15.4. The van der Waals surface area contributed by atoms with Gasteiger partial charge in [0.05, 0.1) is 22.5 Å². The van der Waals surface area contributed by atoms with Crippen molar-refractivity contribution < 1.29 is 19.5 Å². The van der Waals surface area contributed by atoms with E-state index < -0.39 is 13.3 Å². The highest BCUT2D eigenvalue weighted by molar-refractivity contribution is 7.74. The van der Waals surface area contributed by atoms with Gasteiger partial charge in [0.25, 0.3) is 0 Å². The van der Waals surface area contributed by atoms with E-state index in [-0.39, 0.29) is 22.8 Å². The maximum atomic E-state index is 14.1. The summed E-state index contributed by atoms with van der Waals surface area (Å²) in [7, 11) is -1.02. The number of benzene rings is 5. The Morgan fingerprint density at radius 3 is 1.64 bits per heavy atom. The smallest absolute Gasteiger partial charge is 0.221 e. The first-order valence-corrected chi connectivity index (χ1v) is 19.4. The molecule has 8 heteroatoms. The molecule has 2 aliphatic rings. The number of aryl methyl sites for hydroxylation is 4. The summed E-state index contributed by atoms with van der Waals surface area (Å²) in [6, 6.07) is 38.6. The van der Waals surface area contributed by atoms with E-state index in [4.69, 9.17) is 0 Å². The number of amides is 2. The van der Waals surface area contributed by atoms with Gasteiger partial charge in [0.1, 0.15) is 5.76 Å². The van der Waals surface area contributed by atoms with Crippen LogP contribution in [-0.4, -0.2) is 28.5 Å². The summed E-state index contributed by atoms with van der Waals surface area (Å²) in [5.41, 5.74) is 8.93. The lowest BCUT2D eigenvalue weighted by Gasteiger charge is -2.29. The number of nitrogens with one attached hydrogen (secondary N) is 2. The Morgan fingerprint density at radius 2 is 1.16 bits per heavy atom. The summed E-state index contributed by atoms with van der Waals surface area (Å²) < 4.78 is 0. The third-order valence-electron chi connectivity index (χ3n) is 9.68. The summed E-state index contributed by atoms with van der Waals surface area (Å²) in [6.45, 7) is 9.60. The molecule has 0 spiro atoms. The van der Waals surface area contributed by atoms with Gasteiger partial charge < -0.3 is 20.6 Å². The molecule has 5 aromatic rings. The SMILES string of the molecule is CC(=O)NC1=CC(=[P+](c2ccc(C)cc2)c2ccc(C)cc2)C=C/C1=C1\C(=O)C(c2ccc(N(c3ccc(C)cc3)c3ccc(C)cc3)cc2NC=O)=C1O. The molecule has 7 rings (SSSR count). The summed E-state index contributed by atoms with van der Waals surface area (Å²) in [5.74, 6) is -0.907. The number of hydrogen-bond donors (Lipinski definition) is 3. The van der Waals surface area contributed by atoms with Crippen molar-refractivity contribution in [2.24, 2.45) is 0 Å². The number of ketones is 1. The number of allylic oxidation sites excluding steroid dienone is 5. The van der Waals surface area contributed by atoms with Gasteiger partial charge in [-0.2, -0.15) is 0 Å². The molecule has 272 valence electrons. The van der Waals surface area contributed by atoms with Gasteiger partial charge in [-0.25, -0.2) is 0 Å². The molecule has 0 saturated carbocycles. The highest BCUT2D eigenvalue weighted by Crippen LogP contribution is 2.45. The average molecular weight is 743 g/mol. The first kappa shape index (κ1) is 36.8. The molecule has 55 heavy (non-hydrogen) atoms. The molecule has 0 bridgehead atoms. The van der Waals surface area contributed by atoms with Crippen LogP contribution in [0.15, 0.2) is 156 Å². The first-order valence-electron chi connectivity index (χ1n) is 18.0. The minimum absolute atomic E-state index is 0.0857. The summed E-state index contributed by atoms with van der Waals surface area (Å²) >= 11 is 0. The molecule has 7 nitrogen and oxygen atoms in total. The second-order valence-corrected chi connectivity index (χ2v) is 16.1. The predicted octanol–water partition coefficient (Wildman–Crippen LogP) is 9.00. The van der Waals surface area contributed by atoms with E-state index in [1.807, 2.05) is 80.6 Å². The zero-order valence-electron chi connectivity index (χ0n) is 31.3. The summed E-state index contributed by atoms with van der Waals surface area (Å²) in [6.07, 6.45) is 6.24. The van der Waals surface area contributed by atoms with E-state index in [1.54, 1.807) is 18.2 Å². The number of hydrogen-bond acceptors (Lipinski definition) is 5. The quantitative estimate of drug-likeness (QED) is 0.0796. The number of rotatable bonds is 9. The molecular formula is C47H41N3O4P+. The number of carbonyl (C=O) groups excluding carboxylic acids is 3. The monoisotopic (exact) mass is 742 g/mol. The van der Waals surface area contributed by atoms with Crippen LogP contribution in [0.4, 0.5) is 22.7 Å². The van der Waals surface area contributed by atoms with E-state index >= 15 is 0 Å². The molecule has 3 N–H and O–H groups in total. The molecule has 0 atom stereocenters. The number of carbonyl (C=O) groups is 3. The molecule has 0 radical (unpaired) electrons. The Kier molecular flexibility index (Phi) is 10.3. The van der Waals surface area contributed by atoms with Gasteiger partial charge in [0.15, 0.2) is 23.4 Å². The topological polar surface area (TPSA) is 98.7 Å². The standard InChI is InChI=1S/C47H40N3O4P/c1-29-6-14-34(15-7-29)50(35-16-8-30(2)9-17-35)36-18-24-40(42(26-36)48-28-51)44-46(53)45(47(44)54)41-25-23-39(27-43(41)49-33(5)52)55(37-19-10-31(3)11-20-37)38-21-12-32(4)13-22-38/h6-28H,1-5H3,(H2-,48,49,51,52,53,54)/p+1. The fourth-order valence-corrected chi connectivity index (χ4v) is 9.10. The zero-order valence-corrected chi connectivity index (χ0v) is 32.2.